The Balaban J connectivity index is 1.75. The van der Waals surface area contributed by atoms with E-state index in [1.54, 1.807) is 18.2 Å². The number of hydrogen-bond donors (Lipinski definition) is 1. The normalized spacial score (nSPS) is 17.7. The van der Waals surface area contributed by atoms with E-state index in [4.69, 9.17) is 23.2 Å². The van der Waals surface area contributed by atoms with E-state index in [2.05, 4.69) is 15.5 Å². The van der Waals surface area contributed by atoms with Crippen molar-refractivity contribution in [1.29, 1.82) is 0 Å². The molecule has 0 aliphatic carbocycles. The third kappa shape index (κ3) is 5.15. The molecule has 0 saturated carbocycles. The summed E-state index contributed by atoms with van der Waals surface area (Å²) in [7, 11) is 0. The van der Waals surface area contributed by atoms with Gasteiger partial charge in [-0.05, 0) is 47.7 Å². The Hall–Kier alpha value is -2.29. The fourth-order valence-corrected chi connectivity index (χ4v) is 3.42. The van der Waals surface area contributed by atoms with Crippen molar-refractivity contribution in [3.63, 3.8) is 0 Å². The predicted octanol–water partition coefficient (Wildman–Crippen LogP) is 5.61. The highest BCUT2D eigenvalue weighted by molar-refractivity contribution is 8.18. The number of nitrogens with one attached hydrogen (secondary N) is 1. The molecule has 1 heterocycles. The van der Waals surface area contributed by atoms with Gasteiger partial charge in [-0.15, -0.1) is 5.10 Å². The Kier molecular flexibility index (Phi) is 6.12. The second-order valence-corrected chi connectivity index (χ2v) is 7.38. The molecular formula is C18H10Cl2F3N3OS. The third-order valence-electron chi connectivity index (χ3n) is 3.47. The lowest BCUT2D eigenvalue weighted by atomic mass is 10.1. The molecule has 0 atom stereocenters. The van der Waals surface area contributed by atoms with Gasteiger partial charge in [-0.2, -0.15) is 18.3 Å². The largest absolute Gasteiger partial charge is 0.416 e. The number of hydrogen-bond acceptors (Lipinski definition) is 4. The van der Waals surface area contributed by atoms with Crippen LogP contribution in [0.1, 0.15) is 16.7 Å². The zero-order valence-corrected chi connectivity index (χ0v) is 16.1. The number of carbonyl (C=O) groups is 1. The Labute approximate surface area is 172 Å². The van der Waals surface area contributed by atoms with Gasteiger partial charge in [-0.3, -0.25) is 10.1 Å². The quantitative estimate of drug-likeness (QED) is 0.380. The molecule has 1 amide bonds. The van der Waals surface area contributed by atoms with Gasteiger partial charge < -0.3 is 0 Å². The zero-order valence-electron chi connectivity index (χ0n) is 13.8. The highest BCUT2D eigenvalue weighted by Gasteiger charge is 2.30. The molecule has 4 nitrogen and oxygen atoms in total. The third-order valence-corrected chi connectivity index (χ3v) is 4.93. The minimum atomic E-state index is -4.45. The number of alkyl halides is 3. The van der Waals surface area contributed by atoms with E-state index in [1.165, 1.54) is 24.4 Å². The van der Waals surface area contributed by atoms with Crippen LogP contribution in [-0.2, 0) is 11.0 Å². The molecule has 0 bridgehead atoms. The van der Waals surface area contributed by atoms with Crippen molar-refractivity contribution in [2.24, 2.45) is 10.2 Å². The van der Waals surface area contributed by atoms with Gasteiger partial charge in [-0.25, -0.2) is 0 Å². The van der Waals surface area contributed by atoms with Crippen molar-refractivity contribution in [3.05, 3.63) is 74.1 Å². The molecule has 0 aromatic heterocycles. The Bertz CT molecular complexity index is 1020. The van der Waals surface area contributed by atoms with Crippen molar-refractivity contribution < 1.29 is 18.0 Å². The molecule has 0 spiro atoms. The number of benzene rings is 2. The summed E-state index contributed by atoms with van der Waals surface area (Å²) in [6.45, 7) is 0. The molecule has 3 rings (SSSR count). The van der Waals surface area contributed by atoms with E-state index < -0.39 is 17.6 Å². The van der Waals surface area contributed by atoms with Gasteiger partial charge >= 0.3 is 6.18 Å². The Morgan fingerprint density at radius 1 is 1.11 bits per heavy atom. The second kappa shape index (κ2) is 8.38. The first-order chi connectivity index (χ1) is 13.2. The SMILES string of the molecule is O=C1NC(=NN=Cc2ccc(Cl)cc2Cl)S/C1=C/c1cccc(C(F)(F)F)c1. The van der Waals surface area contributed by atoms with Crippen LogP contribution in [0.3, 0.4) is 0 Å². The molecule has 2 aromatic rings. The highest BCUT2D eigenvalue weighted by atomic mass is 35.5. The molecule has 0 radical (unpaired) electrons. The van der Waals surface area contributed by atoms with Crippen LogP contribution in [0, 0.1) is 0 Å². The molecule has 28 heavy (non-hydrogen) atoms. The van der Waals surface area contributed by atoms with E-state index in [0.29, 0.717) is 15.6 Å². The summed E-state index contributed by atoms with van der Waals surface area (Å²) in [4.78, 5) is 12.2. The highest BCUT2D eigenvalue weighted by Crippen LogP contribution is 2.31. The minimum absolute atomic E-state index is 0.199. The Morgan fingerprint density at radius 2 is 1.89 bits per heavy atom. The van der Waals surface area contributed by atoms with E-state index >= 15 is 0 Å². The number of carbonyl (C=O) groups excluding carboxylic acids is 1. The van der Waals surface area contributed by atoms with Gasteiger partial charge in [0.25, 0.3) is 5.91 Å². The first-order valence-corrected chi connectivity index (χ1v) is 9.24. The predicted molar refractivity (Wildman–Crippen MR) is 107 cm³/mol. The number of halogens is 5. The van der Waals surface area contributed by atoms with Crippen LogP contribution >= 0.6 is 35.0 Å². The van der Waals surface area contributed by atoms with Crippen molar-refractivity contribution >= 4 is 58.3 Å². The molecular weight excluding hydrogens is 434 g/mol. The van der Waals surface area contributed by atoms with E-state index in [9.17, 15) is 18.0 Å². The van der Waals surface area contributed by atoms with Gasteiger partial charge in [0.1, 0.15) is 0 Å². The van der Waals surface area contributed by atoms with Gasteiger partial charge in [0, 0.05) is 10.6 Å². The van der Waals surface area contributed by atoms with E-state index in [0.717, 1.165) is 23.9 Å². The lowest BCUT2D eigenvalue weighted by Crippen LogP contribution is -2.19. The zero-order chi connectivity index (χ0) is 20.3. The van der Waals surface area contributed by atoms with Crippen molar-refractivity contribution in [3.8, 4) is 0 Å². The van der Waals surface area contributed by atoms with Gasteiger partial charge in [0.15, 0.2) is 5.17 Å². The average Bonchev–Trinajstić information content (AvgIpc) is 2.96. The van der Waals surface area contributed by atoms with Gasteiger partial charge in [0.05, 0.1) is 21.7 Å². The fourth-order valence-electron chi connectivity index (χ4n) is 2.18. The summed E-state index contributed by atoms with van der Waals surface area (Å²) in [5.74, 6) is -0.471. The van der Waals surface area contributed by atoms with Gasteiger partial charge in [-0.1, -0.05) is 41.4 Å². The average molecular weight is 444 g/mol. The summed E-state index contributed by atoms with van der Waals surface area (Å²) >= 11 is 12.8. The molecule has 1 saturated heterocycles. The maximum absolute atomic E-state index is 12.8. The number of rotatable bonds is 3. The van der Waals surface area contributed by atoms with Crippen molar-refractivity contribution in [2.75, 3.05) is 0 Å². The number of amidine groups is 1. The smallest absolute Gasteiger partial charge is 0.299 e. The first-order valence-electron chi connectivity index (χ1n) is 7.66. The summed E-state index contributed by atoms with van der Waals surface area (Å²) < 4.78 is 38.4. The molecule has 144 valence electrons. The number of nitrogens with zero attached hydrogens (tertiary/aromatic N) is 2. The molecule has 1 aliphatic heterocycles. The van der Waals surface area contributed by atoms with Crippen LogP contribution in [0.25, 0.3) is 6.08 Å². The summed E-state index contributed by atoms with van der Waals surface area (Å²) in [5.41, 5.74) is 0.0539. The van der Waals surface area contributed by atoms with Gasteiger partial charge in [0.2, 0.25) is 0 Å². The minimum Gasteiger partial charge on any atom is -0.299 e. The van der Waals surface area contributed by atoms with Crippen LogP contribution in [0.4, 0.5) is 13.2 Å². The van der Waals surface area contributed by atoms with Crippen LogP contribution in [0.5, 0.6) is 0 Å². The molecule has 0 unspecified atom stereocenters. The lowest BCUT2D eigenvalue weighted by Gasteiger charge is -2.06. The maximum atomic E-state index is 12.8. The molecule has 1 fully saturated rings. The monoisotopic (exact) mass is 443 g/mol. The second-order valence-electron chi connectivity index (χ2n) is 5.50. The first kappa shape index (κ1) is 20.4. The summed E-state index contributed by atoms with van der Waals surface area (Å²) in [6.07, 6.45) is -1.70. The van der Waals surface area contributed by atoms with E-state index in [1.807, 2.05) is 0 Å². The van der Waals surface area contributed by atoms with Crippen LogP contribution in [0.2, 0.25) is 10.0 Å². The standard InChI is InChI=1S/C18H10Cl2F3N3OS/c19-13-5-4-11(14(20)8-13)9-24-26-17-25-16(27)15(28-17)7-10-2-1-3-12(6-10)18(21,22)23/h1-9H,(H,25,26,27)/b15-7+,24-9?. The lowest BCUT2D eigenvalue weighted by molar-refractivity contribution is -0.137. The van der Waals surface area contributed by atoms with E-state index in [-0.39, 0.29) is 15.6 Å². The maximum Gasteiger partial charge on any atom is 0.416 e. The summed E-state index contributed by atoms with van der Waals surface area (Å²) in [5, 5.41) is 11.3. The Morgan fingerprint density at radius 3 is 2.61 bits per heavy atom. The topological polar surface area (TPSA) is 53.8 Å². The number of thioether (sulfide) groups is 1. The molecule has 10 heteroatoms. The van der Waals surface area contributed by atoms with Crippen LogP contribution in [0.15, 0.2) is 57.6 Å². The molecule has 1 N–H and O–H groups in total. The number of amides is 1. The molecule has 2 aromatic carbocycles. The van der Waals surface area contributed by atoms with Crippen molar-refractivity contribution in [1.82, 2.24) is 5.32 Å². The molecule has 1 aliphatic rings. The van der Waals surface area contributed by atoms with Crippen molar-refractivity contribution in [2.45, 2.75) is 6.18 Å². The summed E-state index contributed by atoms with van der Waals surface area (Å²) in [6, 6.07) is 9.55. The fraction of sp³-hybridized carbons (Fsp3) is 0.0556. The van der Waals surface area contributed by atoms with Crippen LogP contribution < -0.4 is 5.32 Å². The van der Waals surface area contributed by atoms with Crippen LogP contribution in [-0.4, -0.2) is 17.3 Å².